The maximum absolute atomic E-state index is 13.0. The number of rotatable bonds is 3. The molecule has 1 nitrogen and oxygen atoms in total. The molecule has 0 aromatic heterocycles. The van der Waals surface area contributed by atoms with Gasteiger partial charge < -0.3 is 5.73 Å². The van der Waals surface area contributed by atoms with Crippen LogP contribution in [0.4, 0.5) is 8.78 Å². The van der Waals surface area contributed by atoms with Gasteiger partial charge in [-0.25, -0.2) is 4.39 Å². The average molecular weight is 222 g/mol. The summed E-state index contributed by atoms with van der Waals surface area (Å²) in [7, 11) is 0. The van der Waals surface area contributed by atoms with E-state index >= 15 is 0 Å². The van der Waals surface area contributed by atoms with Gasteiger partial charge in [0.05, 0.1) is 6.67 Å². The predicted molar refractivity (Wildman–Crippen MR) is 55.9 cm³/mol. The van der Waals surface area contributed by atoms with Gasteiger partial charge in [-0.3, -0.25) is 4.39 Å². The van der Waals surface area contributed by atoms with Gasteiger partial charge in [-0.05, 0) is 30.5 Å². The van der Waals surface area contributed by atoms with E-state index < -0.39 is 12.7 Å². The SMILES string of the molecule is Cc1ccc([C@H](N)CCF)cc1F.Cl. The minimum absolute atomic E-state index is 0. The Labute approximate surface area is 88.7 Å². The van der Waals surface area contributed by atoms with E-state index in [0.717, 1.165) is 0 Å². The van der Waals surface area contributed by atoms with Gasteiger partial charge in [0.25, 0.3) is 0 Å². The number of aryl methyl sites for hydroxylation is 1. The van der Waals surface area contributed by atoms with Crippen molar-refractivity contribution in [3.05, 3.63) is 35.1 Å². The summed E-state index contributed by atoms with van der Waals surface area (Å²) in [6.07, 6.45) is 0.239. The average Bonchev–Trinajstić information content (AvgIpc) is 2.10. The van der Waals surface area contributed by atoms with Crippen LogP contribution in [0.5, 0.6) is 0 Å². The Hall–Kier alpha value is -0.670. The summed E-state index contributed by atoms with van der Waals surface area (Å²) in [4.78, 5) is 0. The summed E-state index contributed by atoms with van der Waals surface area (Å²) in [6.45, 7) is 1.20. The molecule has 0 heterocycles. The summed E-state index contributed by atoms with van der Waals surface area (Å²) in [5.74, 6) is -0.285. The summed E-state index contributed by atoms with van der Waals surface area (Å²) >= 11 is 0. The lowest BCUT2D eigenvalue weighted by molar-refractivity contribution is 0.441. The molecular formula is C10H14ClF2N. The molecule has 0 aliphatic heterocycles. The zero-order chi connectivity index (χ0) is 9.84. The van der Waals surface area contributed by atoms with Crippen LogP contribution in [0.3, 0.4) is 0 Å². The lowest BCUT2D eigenvalue weighted by Crippen LogP contribution is -2.11. The largest absolute Gasteiger partial charge is 0.324 e. The number of benzene rings is 1. The second-order valence-electron chi connectivity index (χ2n) is 3.09. The first kappa shape index (κ1) is 13.3. The normalized spacial score (nSPS) is 12.0. The molecule has 1 atom stereocenters. The highest BCUT2D eigenvalue weighted by atomic mass is 35.5. The fraction of sp³-hybridized carbons (Fsp3) is 0.400. The van der Waals surface area contributed by atoms with Crippen LogP contribution < -0.4 is 5.73 Å². The topological polar surface area (TPSA) is 26.0 Å². The van der Waals surface area contributed by atoms with Crippen molar-refractivity contribution in [1.82, 2.24) is 0 Å². The minimum Gasteiger partial charge on any atom is -0.324 e. The molecule has 0 unspecified atom stereocenters. The molecule has 2 N–H and O–H groups in total. The van der Waals surface area contributed by atoms with E-state index in [9.17, 15) is 8.78 Å². The standard InChI is InChI=1S/C10H13F2N.ClH/c1-7-2-3-8(6-9(7)12)10(13)4-5-11;/h2-3,6,10H,4-5,13H2,1H3;1H/t10-;/m1./s1. The smallest absolute Gasteiger partial charge is 0.126 e. The van der Waals surface area contributed by atoms with Gasteiger partial charge in [0.1, 0.15) is 5.82 Å². The zero-order valence-corrected chi connectivity index (χ0v) is 8.78. The van der Waals surface area contributed by atoms with Gasteiger partial charge in [0.15, 0.2) is 0 Å². The van der Waals surface area contributed by atoms with Crippen LogP contribution >= 0.6 is 12.4 Å². The van der Waals surface area contributed by atoms with Crippen molar-refractivity contribution in [3.8, 4) is 0 Å². The fourth-order valence-corrected chi connectivity index (χ4v) is 1.12. The van der Waals surface area contributed by atoms with E-state index in [0.29, 0.717) is 11.1 Å². The first-order valence-corrected chi connectivity index (χ1v) is 4.22. The second kappa shape index (κ2) is 5.94. The van der Waals surface area contributed by atoms with Crippen LogP contribution in [0.2, 0.25) is 0 Å². The van der Waals surface area contributed by atoms with Crippen LogP contribution in [-0.2, 0) is 0 Å². The lowest BCUT2D eigenvalue weighted by atomic mass is 10.0. The molecule has 0 spiro atoms. The number of alkyl halides is 1. The third-order valence-electron chi connectivity index (χ3n) is 2.04. The van der Waals surface area contributed by atoms with Gasteiger partial charge in [-0.2, -0.15) is 0 Å². The lowest BCUT2D eigenvalue weighted by Gasteiger charge is -2.10. The third kappa shape index (κ3) is 3.24. The van der Waals surface area contributed by atoms with Gasteiger partial charge in [-0.1, -0.05) is 12.1 Å². The quantitative estimate of drug-likeness (QED) is 0.835. The molecule has 0 amide bonds. The van der Waals surface area contributed by atoms with Crippen molar-refractivity contribution in [3.63, 3.8) is 0 Å². The Morgan fingerprint density at radius 3 is 2.57 bits per heavy atom. The van der Waals surface area contributed by atoms with E-state index in [1.807, 2.05) is 0 Å². The van der Waals surface area contributed by atoms with Crippen LogP contribution in [-0.4, -0.2) is 6.67 Å². The van der Waals surface area contributed by atoms with E-state index in [-0.39, 0.29) is 24.6 Å². The van der Waals surface area contributed by atoms with Crippen LogP contribution in [0.15, 0.2) is 18.2 Å². The highest BCUT2D eigenvalue weighted by Crippen LogP contribution is 2.17. The number of halogens is 3. The molecule has 0 bridgehead atoms. The first-order chi connectivity index (χ1) is 6.15. The molecule has 1 aromatic carbocycles. The maximum atomic E-state index is 13.0. The van der Waals surface area contributed by atoms with E-state index in [4.69, 9.17) is 5.73 Å². The van der Waals surface area contributed by atoms with Crippen LogP contribution in [0.25, 0.3) is 0 Å². The monoisotopic (exact) mass is 221 g/mol. The van der Waals surface area contributed by atoms with Crippen molar-refractivity contribution >= 4 is 12.4 Å². The summed E-state index contributed by atoms with van der Waals surface area (Å²) in [6, 6.07) is 4.36. The van der Waals surface area contributed by atoms with E-state index in [2.05, 4.69) is 0 Å². The summed E-state index contributed by atoms with van der Waals surface area (Å²) in [5, 5.41) is 0. The Bertz CT molecular complexity index is 291. The molecule has 0 aliphatic rings. The molecule has 1 aromatic rings. The van der Waals surface area contributed by atoms with Gasteiger partial charge in [0.2, 0.25) is 0 Å². The number of hydrogen-bond acceptors (Lipinski definition) is 1. The molecule has 0 fully saturated rings. The van der Waals surface area contributed by atoms with Crippen LogP contribution in [0.1, 0.15) is 23.6 Å². The molecule has 0 saturated heterocycles. The molecule has 0 radical (unpaired) electrons. The fourth-order valence-electron chi connectivity index (χ4n) is 1.12. The minimum atomic E-state index is -0.476. The molecular weight excluding hydrogens is 208 g/mol. The zero-order valence-electron chi connectivity index (χ0n) is 7.97. The molecule has 14 heavy (non-hydrogen) atoms. The molecule has 80 valence electrons. The highest BCUT2D eigenvalue weighted by molar-refractivity contribution is 5.85. The Balaban J connectivity index is 0.00000169. The number of nitrogens with two attached hydrogens (primary N) is 1. The molecule has 4 heteroatoms. The molecule has 0 aliphatic carbocycles. The van der Waals surface area contributed by atoms with Crippen molar-refractivity contribution in [2.45, 2.75) is 19.4 Å². The van der Waals surface area contributed by atoms with Gasteiger partial charge in [-0.15, -0.1) is 12.4 Å². The first-order valence-electron chi connectivity index (χ1n) is 4.22. The van der Waals surface area contributed by atoms with E-state index in [1.165, 1.54) is 6.07 Å². The van der Waals surface area contributed by atoms with Crippen molar-refractivity contribution in [2.24, 2.45) is 5.73 Å². The third-order valence-corrected chi connectivity index (χ3v) is 2.04. The van der Waals surface area contributed by atoms with Crippen LogP contribution in [0, 0.1) is 12.7 Å². The molecule has 1 rings (SSSR count). The Kier molecular flexibility index (Phi) is 5.65. The highest BCUT2D eigenvalue weighted by Gasteiger charge is 2.07. The summed E-state index contributed by atoms with van der Waals surface area (Å²) in [5.41, 5.74) is 6.85. The second-order valence-corrected chi connectivity index (χ2v) is 3.09. The Morgan fingerprint density at radius 1 is 1.43 bits per heavy atom. The Morgan fingerprint density at radius 2 is 2.07 bits per heavy atom. The maximum Gasteiger partial charge on any atom is 0.126 e. The van der Waals surface area contributed by atoms with Crippen molar-refractivity contribution < 1.29 is 8.78 Å². The van der Waals surface area contributed by atoms with Gasteiger partial charge in [0, 0.05) is 6.04 Å². The van der Waals surface area contributed by atoms with Crippen molar-refractivity contribution in [2.75, 3.05) is 6.67 Å². The van der Waals surface area contributed by atoms with Gasteiger partial charge >= 0.3 is 0 Å². The number of hydrogen-bond donors (Lipinski definition) is 1. The van der Waals surface area contributed by atoms with E-state index in [1.54, 1.807) is 19.1 Å². The predicted octanol–water partition coefficient (Wildman–Crippen LogP) is 2.92. The summed E-state index contributed by atoms with van der Waals surface area (Å²) < 4.78 is 25.0. The van der Waals surface area contributed by atoms with Crippen molar-refractivity contribution in [1.29, 1.82) is 0 Å². The molecule has 0 saturated carbocycles.